The molecule has 0 radical (unpaired) electrons. The highest BCUT2D eigenvalue weighted by atomic mass is 35.5. The van der Waals surface area contributed by atoms with Crippen molar-refractivity contribution < 1.29 is 19.8 Å². The Morgan fingerprint density at radius 3 is 2.74 bits per heavy atom. The van der Waals surface area contributed by atoms with Crippen molar-refractivity contribution in [1.29, 1.82) is 5.26 Å². The van der Waals surface area contributed by atoms with Gasteiger partial charge >= 0.3 is 0 Å². The standard InChI is InChI=1S/C25H23ClN4O4S/c26-17-4-1-3-16(11-17)20-5-2-10-30(20)25(34)23(32)22(31)24(33)29-14-15-6-8-19(28-13-15)21-9-7-18(12-27)35-21/h1,3-4,6-9,11,13,20,22-23,31-32H,2,5,10,14H2,(H,29,33)/t20?,22-,23-/m1/s1. The summed E-state index contributed by atoms with van der Waals surface area (Å²) in [7, 11) is 0. The second kappa shape index (κ2) is 11.0. The van der Waals surface area contributed by atoms with E-state index in [1.54, 1.807) is 42.6 Å². The van der Waals surface area contributed by atoms with Gasteiger partial charge in [0, 0.05) is 24.3 Å². The molecule has 0 saturated carbocycles. The third-order valence-electron chi connectivity index (χ3n) is 5.85. The molecule has 0 spiro atoms. The van der Waals surface area contributed by atoms with E-state index in [1.807, 2.05) is 12.1 Å². The van der Waals surface area contributed by atoms with Crippen LogP contribution in [0.3, 0.4) is 0 Å². The van der Waals surface area contributed by atoms with Crippen molar-refractivity contribution in [3.05, 3.63) is 75.8 Å². The SMILES string of the molecule is N#Cc1ccc(-c2ccc(CNC(=O)[C@H](O)[C@@H](O)C(=O)N3CCCC3c3cccc(Cl)c3)cn2)s1. The van der Waals surface area contributed by atoms with Crippen molar-refractivity contribution in [2.24, 2.45) is 0 Å². The number of aliphatic hydroxyl groups excluding tert-OH is 2. The molecule has 180 valence electrons. The average Bonchev–Trinajstić information content (AvgIpc) is 3.56. The summed E-state index contributed by atoms with van der Waals surface area (Å²) in [5.74, 6) is -1.56. The van der Waals surface area contributed by atoms with Crippen LogP contribution in [0.15, 0.2) is 54.7 Å². The number of carbonyl (C=O) groups excluding carboxylic acids is 2. The van der Waals surface area contributed by atoms with Crippen LogP contribution in [0.2, 0.25) is 5.02 Å². The first-order chi connectivity index (χ1) is 16.9. The molecule has 2 aromatic heterocycles. The van der Waals surface area contributed by atoms with E-state index in [9.17, 15) is 19.8 Å². The Morgan fingerprint density at radius 1 is 1.23 bits per heavy atom. The van der Waals surface area contributed by atoms with Crippen LogP contribution in [0.1, 0.15) is 34.9 Å². The predicted molar refractivity (Wildman–Crippen MR) is 131 cm³/mol. The minimum absolute atomic E-state index is 0.0623. The van der Waals surface area contributed by atoms with Gasteiger partial charge in [0.25, 0.3) is 11.8 Å². The lowest BCUT2D eigenvalue weighted by atomic mass is 10.0. The summed E-state index contributed by atoms with van der Waals surface area (Å²) in [4.78, 5) is 32.6. The van der Waals surface area contributed by atoms with Gasteiger partial charge in [0.2, 0.25) is 0 Å². The molecule has 1 fully saturated rings. The number of carbonyl (C=O) groups is 2. The van der Waals surface area contributed by atoms with Crippen molar-refractivity contribution in [2.75, 3.05) is 6.54 Å². The van der Waals surface area contributed by atoms with E-state index in [0.29, 0.717) is 34.1 Å². The van der Waals surface area contributed by atoms with Crippen molar-refractivity contribution in [3.63, 3.8) is 0 Å². The average molecular weight is 511 g/mol. The van der Waals surface area contributed by atoms with E-state index >= 15 is 0 Å². The predicted octanol–water partition coefficient (Wildman–Crippen LogP) is 3.04. The lowest BCUT2D eigenvalue weighted by Crippen LogP contribution is -2.50. The molecule has 3 N–H and O–H groups in total. The van der Waals surface area contributed by atoms with E-state index in [2.05, 4.69) is 16.4 Å². The van der Waals surface area contributed by atoms with Crippen LogP contribution in [0.5, 0.6) is 0 Å². The molecule has 3 aromatic rings. The summed E-state index contributed by atoms with van der Waals surface area (Å²) >= 11 is 7.41. The maximum atomic E-state index is 12.9. The molecular formula is C25H23ClN4O4S. The van der Waals surface area contributed by atoms with Gasteiger partial charge in [-0.15, -0.1) is 11.3 Å². The van der Waals surface area contributed by atoms with Crippen LogP contribution in [0.25, 0.3) is 10.6 Å². The van der Waals surface area contributed by atoms with Gasteiger partial charge in [-0.25, -0.2) is 0 Å². The number of nitrogens with one attached hydrogen (secondary N) is 1. The normalized spacial score (nSPS) is 17.0. The molecule has 0 aliphatic carbocycles. The van der Waals surface area contributed by atoms with E-state index in [0.717, 1.165) is 16.9 Å². The molecule has 1 aliphatic heterocycles. The molecule has 10 heteroatoms. The molecule has 1 aliphatic rings. The fraction of sp³-hybridized carbons (Fsp3) is 0.280. The van der Waals surface area contributed by atoms with E-state index < -0.39 is 24.0 Å². The lowest BCUT2D eigenvalue weighted by molar-refractivity contribution is -0.153. The number of nitriles is 1. The van der Waals surface area contributed by atoms with Gasteiger partial charge < -0.3 is 20.4 Å². The molecule has 3 atom stereocenters. The number of hydrogen-bond acceptors (Lipinski definition) is 7. The van der Waals surface area contributed by atoms with Gasteiger partial charge in [-0.2, -0.15) is 5.26 Å². The van der Waals surface area contributed by atoms with Crippen molar-refractivity contribution in [2.45, 2.75) is 37.6 Å². The summed E-state index contributed by atoms with van der Waals surface area (Å²) in [6.45, 7) is 0.479. The number of thiophene rings is 1. The van der Waals surface area contributed by atoms with E-state index in [1.165, 1.54) is 16.2 Å². The highest BCUT2D eigenvalue weighted by Crippen LogP contribution is 2.33. The molecule has 1 aromatic carbocycles. The summed E-state index contributed by atoms with van der Waals surface area (Å²) in [6, 6.07) is 16.1. The molecule has 1 saturated heterocycles. The minimum Gasteiger partial charge on any atom is -0.380 e. The zero-order valence-corrected chi connectivity index (χ0v) is 20.2. The van der Waals surface area contributed by atoms with E-state index in [-0.39, 0.29) is 12.6 Å². The van der Waals surface area contributed by atoms with Crippen LogP contribution >= 0.6 is 22.9 Å². The number of likely N-dealkylation sites (tertiary alicyclic amines) is 1. The summed E-state index contributed by atoms with van der Waals surface area (Å²) in [5, 5.41) is 32.8. The van der Waals surface area contributed by atoms with Gasteiger partial charge in [0.15, 0.2) is 12.2 Å². The number of pyridine rings is 1. The van der Waals surface area contributed by atoms with Gasteiger partial charge in [0.1, 0.15) is 10.9 Å². The number of halogens is 1. The summed E-state index contributed by atoms with van der Waals surface area (Å²) in [5.41, 5.74) is 2.22. The zero-order chi connectivity index (χ0) is 24.9. The zero-order valence-electron chi connectivity index (χ0n) is 18.6. The number of rotatable bonds is 7. The van der Waals surface area contributed by atoms with Crippen LogP contribution in [-0.4, -0.2) is 50.7 Å². The fourth-order valence-electron chi connectivity index (χ4n) is 4.04. The molecule has 3 heterocycles. The number of benzene rings is 1. The Hall–Kier alpha value is -3.29. The fourth-order valence-corrected chi connectivity index (χ4v) is 5.02. The molecule has 8 nitrogen and oxygen atoms in total. The second-order valence-electron chi connectivity index (χ2n) is 8.18. The molecule has 0 bridgehead atoms. The Bertz CT molecular complexity index is 1260. The van der Waals surface area contributed by atoms with Gasteiger partial charge in [-0.1, -0.05) is 29.8 Å². The second-order valence-corrected chi connectivity index (χ2v) is 9.70. The van der Waals surface area contributed by atoms with Crippen LogP contribution in [-0.2, 0) is 16.1 Å². The smallest absolute Gasteiger partial charge is 0.255 e. The number of nitrogens with zero attached hydrogens (tertiary/aromatic N) is 3. The van der Waals surface area contributed by atoms with E-state index in [4.69, 9.17) is 16.9 Å². The highest BCUT2D eigenvalue weighted by molar-refractivity contribution is 7.15. The first-order valence-corrected chi connectivity index (χ1v) is 12.2. The van der Waals surface area contributed by atoms with Crippen LogP contribution in [0.4, 0.5) is 0 Å². The lowest BCUT2D eigenvalue weighted by Gasteiger charge is -2.28. The Labute approximate surface area is 211 Å². The van der Waals surface area contributed by atoms with Crippen molar-refractivity contribution >= 4 is 34.8 Å². The van der Waals surface area contributed by atoms with Gasteiger partial charge in [-0.3, -0.25) is 14.6 Å². The maximum Gasteiger partial charge on any atom is 0.255 e. The molecule has 35 heavy (non-hydrogen) atoms. The van der Waals surface area contributed by atoms with Crippen LogP contribution < -0.4 is 5.32 Å². The Morgan fingerprint density at radius 2 is 2.06 bits per heavy atom. The maximum absolute atomic E-state index is 12.9. The molecular weight excluding hydrogens is 488 g/mol. The first kappa shape index (κ1) is 24.8. The third kappa shape index (κ3) is 5.69. The monoisotopic (exact) mass is 510 g/mol. The largest absolute Gasteiger partial charge is 0.380 e. The highest BCUT2D eigenvalue weighted by Gasteiger charge is 2.38. The Balaban J connectivity index is 1.34. The van der Waals surface area contributed by atoms with Gasteiger partial charge in [-0.05, 0) is 54.3 Å². The topological polar surface area (TPSA) is 127 Å². The third-order valence-corrected chi connectivity index (χ3v) is 7.10. The van der Waals surface area contributed by atoms with Crippen molar-refractivity contribution in [3.8, 4) is 16.6 Å². The number of amides is 2. The quantitative estimate of drug-likeness (QED) is 0.448. The van der Waals surface area contributed by atoms with Gasteiger partial charge in [0.05, 0.1) is 16.6 Å². The minimum atomic E-state index is -1.91. The number of aromatic nitrogens is 1. The summed E-state index contributed by atoms with van der Waals surface area (Å²) in [6.07, 6.45) is -0.776. The van der Waals surface area contributed by atoms with Crippen LogP contribution in [0, 0.1) is 11.3 Å². The first-order valence-electron chi connectivity index (χ1n) is 11.0. The summed E-state index contributed by atoms with van der Waals surface area (Å²) < 4.78 is 0. The Kier molecular flexibility index (Phi) is 7.78. The molecule has 2 amide bonds. The van der Waals surface area contributed by atoms with Crippen molar-refractivity contribution in [1.82, 2.24) is 15.2 Å². The molecule has 4 rings (SSSR count). The number of aliphatic hydroxyl groups is 2. The molecule has 1 unspecified atom stereocenters. The number of hydrogen-bond donors (Lipinski definition) is 3.